The van der Waals surface area contributed by atoms with Crippen LogP contribution in [0, 0.1) is 0 Å². The Morgan fingerprint density at radius 2 is 2.15 bits per heavy atom. The van der Waals surface area contributed by atoms with Crippen molar-refractivity contribution in [3.05, 3.63) is 39.4 Å². The fourth-order valence-electron chi connectivity index (χ4n) is 1.04. The van der Waals surface area contributed by atoms with Crippen LogP contribution in [-0.4, -0.2) is 9.97 Å². The van der Waals surface area contributed by atoms with E-state index in [9.17, 15) is 4.79 Å². The van der Waals surface area contributed by atoms with E-state index in [1.807, 2.05) is 6.07 Å². The van der Waals surface area contributed by atoms with Gasteiger partial charge in [-0.15, -0.1) is 0 Å². The molecule has 0 bridgehead atoms. The molecule has 13 heavy (non-hydrogen) atoms. The number of rotatable bonds is 0. The van der Waals surface area contributed by atoms with Crippen molar-refractivity contribution in [3.63, 3.8) is 0 Å². The number of benzene rings is 1. The Hall–Kier alpha value is -1.20. The van der Waals surface area contributed by atoms with E-state index >= 15 is 0 Å². The van der Waals surface area contributed by atoms with E-state index in [0.717, 1.165) is 4.47 Å². The first kappa shape index (κ1) is 9.88. The Morgan fingerprint density at radius 3 is 2.92 bits per heavy atom. The monoisotopic (exact) mass is 241 g/mol. The largest absolute Gasteiger partial charge is 0.344 e. The standard InChI is InChI=1S/C8H5BrN2O.H3N/c9-5-1-2-7-6(3-5)8(12)11-4-10-7;/h1-4H,(H,10,11,12);1H3. The van der Waals surface area contributed by atoms with Crippen molar-refractivity contribution >= 4 is 26.8 Å². The number of fused-ring (bicyclic) bond motifs is 1. The van der Waals surface area contributed by atoms with E-state index in [0.29, 0.717) is 10.9 Å². The second-order valence-corrected chi connectivity index (χ2v) is 3.31. The van der Waals surface area contributed by atoms with Gasteiger partial charge in [-0.1, -0.05) is 15.9 Å². The van der Waals surface area contributed by atoms with E-state index < -0.39 is 0 Å². The van der Waals surface area contributed by atoms with Gasteiger partial charge in [0.2, 0.25) is 0 Å². The molecular weight excluding hydrogens is 234 g/mol. The van der Waals surface area contributed by atoms with Gasteiger partial charge in [0.05, 0.1) is 17.2 Å². The molecule has 0 aliphatic carbocycles. The predicted octanol–water partition coefficient (Wildman–Crippen LogP) is 1.85. The molecule has 2 aromatic rings. The third kappa shape index (κ3) is 1.76. The van der Waals surface area contributed by atoms with Crippen LogP contribution >= 0.6 is 15.9 Å². The lowest BCUT2D eigenvalue weighted by Gasteiger charge is -1.94. The molecule has 1 aromatic heterocycles. The van der Waals surface area contributed by atoms with E-state index in [4.69, 9.17) is 0 Å². The molecule has 0 aliphatic heterocycles. The molecule has 4 N–H and O–H groups in total. The van der Waals surface area contributed by atoms with Gasteiger partial charge in [0.1, 0.15) is 0 Å². The zero-order chi connectivity index (χ0) is 8.55. The van der Waals surface area contributed by atoms with E-state index in [1.165, 1.54) is 6.33 Å². The molecule has 0 aliphatic rings. The van der Waals surface area contributed by atoms with Gasteiger partial charge >= 0.3 is 0 Å². The number of aromatic amines is 1. The van der Waals surface area contributed by atoms with Crippen LogP contribution in [0.2, 0.25) is 0 Å². The number of aromatic nitrogens is 2. The molecular formula is C8H8BrN3O. The summed E-state index contributed by atoms with van der Waals surface area (Å²) in [5, 5.41) is 0.604. The van der Waals surface area contributed by atoms with Gasteiger partial charge in [0.25, 0.3) is 5.56 Å². The Bertz CT molecular complexity index is 480. The van der Waals surface area contributed by atoms with Gasteiger partial charge in [-0.3, -0.25) is 4.79 Å². The van der Waals surface area contributed by atoms with Crippen LogP contribution in [0.25, 0.3) is 10.9 Å². The number of halogens is 1. The van der Waals surface area contributed by atoms with E-state index in [-0.39, 0.29) is 11.7 Å². The summed E-state index contributed by atoms with van der Waals surface area (Å²) in [7, 11) is 0. The molecule has 2 rings (SSSR count). The lowest BCUT2D eigenvalue weighted by Crippen LogP contribution is -2.05. The number of nitrogens with zero attached hydrogens (tertiary/aromatic N) is 1. The third-order valence-electron chi connectivity index (χ3n) is 1.60. The van der Waals surface area contributed by atoms with E-state index in [1.54, 1.807) is 12.1 Å². The summed E-state index contributed by atoms with van der Waals surface area (Å²) in [5.74, 6) is 0. The van der Waals surface area contributed by atoms with Crippen molar-refractivity contribution in [2.24, 2.45) is 0 Å². The Morgan fingerprint density at radius 1 is 1.38 bits per heavy atom. The first-order valence-corrected chi connectivity index (χ1v) is 4.19. The van der Waals surface area contributed by atoms with Crippen molar-refractivity contribution in [2.45, 2.75) is 0 Å². The summed E-state index contributed by atoms with van der Waals surface area (Å²) in [6.07, 6.45) is 1.40. The fraction of sp³-hybridized carbons (Fsp3) is 0. The van der Waals surface area contributed by atoms with Crippen LogP contribution in [0.3, 0.4) is 0 Å². The van der Waals surface area contributed by atoms with Gasteiger partial charge in [-0.05, 0) is 18.2 Å². The molecule has 5 heteroatoms. The van der Waals surface area contributed by atoms with Gasteiger partial charge in [-0.2, -0.15) is 0 Å². The second kappa shape index (κ2) is 3.68. The third-order valence-corrected chi connectivity index (χ3v) is 2.10. The average Bonchev–Trinajstić information content (AvgIpc) is 2.07. The second-order valence-electron chi connectivity index (χ2n) is 2.39. The van der Waals surface area contributed by atoms with Crippen LogP contribution in [0.15, 0.2) is 33.8 Å². The lowest BCUT2D eigenvalue weighted by atomic mass is 10.2. The Kier molecular flexibility index (Phi) is 2.79. The molecule has 1 aromatic carbocycles. The van der Waals surface area contributed by atoms with Gasteiger partial charge in [0, 0.05) is 4.47 Å². The molecule has 0 unspecified atom stereocenters. The molecule has 0 atom stereocenters. The minimum atomic E-state index is -0.110. The summed E-state index contributed by atoms with van der Waals surface area (Å²) in [5.41, 5.74) is 0.600. The maximum atomic E-state index is 11.2. The molecule has 68 valence electrons. The number of hydrogen-bond acceptors (Lipinski definition) is 3. The molecule has 0 spiro atoms. The van der Waals surface area contributed by atoms with Crippen LogP contribution in [-0.2, 0) is 0 Å². The van der Waals surface area contributed by atoms with E-state index in [2.05, 4.69) is 25.9 Å². The first-order valence-electron chi connectivity index (χ1n) is 3.40. The zero-order valence-electron chi connectivity index (χ0n) is 6.75. The van der Waals surface area contributed by atoms with Crippen molar-refractivity contribution in [1.82, 2.24) is 16.1 Å². The lowest BCUT2D eigenvalue weighted by molar-refractivity contribution is 1.17. The van der Waals surface area contributed by atoms with Gasteiger partial charge in [0.15, 0.2) is 0 Å². The minimum Gasteiger partial charge on any atom is -0.344 e. The zero-order valence-corrected chi connectivity index (χ0v) is 8.34. The van der Waals surface area contributed by atoms with Gasteiger partial charge < -0.3 is 11.1 Å². The Labute approximate surface area is 82.7 Å². The van der Waals surface area contributed by atoms with Crippen molar-refractivity contribution < 1.29 is 0 Å². The molecule has 0 fully saturated rings. The highest BCUT2D eigenvalue weighted by atomic mass is 79.9. The highest BCUT2D eigenvalue weighted by Gasteiger charge is 1.97. The molecule has 0 amide bonds. The molecule has 0 saturated carbocycles. The smallest absolute Gasteiger partial charge is 0.258 e. The summed E-state index contributed by atoms with van der Waals surface area (Å²) in [4.78, 5) is 17.7. The van der Waals surface area contributed by atoms with Crippen molar-refractivity contribution in [2.75, 3.05) is 0 Å². The van der Waals surface area contributed by atoms with Crippen LogP contribution < -0.4 is 11.7 Å². The number of hydrogen-bond donors (Lipinski definition) is 2. The summed E-state index contributed by atoms with van der Waals surface area (Å²) in [6, 6.07) is 5.41. The number of H-pyrrole nitrogens is 1. The average molecular weight is 242 g/mol. The Balaban J connectivity index is 0.000000845. The molecule has 0 radical (unpaired) electrons. The number of nitrogens with one attached hydrogen (secondary N) is 1. The predicted molar refractivity (Wildman–Crippen MR) is 55.1 cm³/mol. The first-order chi connectivity index (χ1) is 5.77. The topological polar surface area (TPSA) is 80.8 Å². The minimum absolute atomic E-state index is 0. The molecule has 4 nitrogen and oxygen atoms in total. The SMILES string of the molecule is N.O=c1[nH]cnc2ccc(Br)cc12. The molecule has 1 heterocycles. The summed E-state index contributed by atoms with van der Waals surface area (Å²) < 4.78 is 0.883. The fourth-order valence-corrected chi connectivity index (χ4v) is 1.40. The normalized spacial score (nSPS) is 9.62. The van der Waals surface area contributed by atoms with Crippen molar-refractivity contribution in [3.8, 4) is 0 Å². The highest BCUT2D eigenvalue weighted by molar-refractivity contribution is 9.10. The summed E-state index contributed by atoms with van der Waals surface area (Å²) in [6.45, 7) is 0. The maximum Gasteiger partial charge on any atom is 0.258 e. The highest BCUT2D eigenvalue weighted by Crippen LogP contribution is 2.13. The quantitative estimate of drug-likeness (QED) is 0.739. The van der Waals surface area contributed by atoms with Crippen molar-refractivity contribution in [1.29, 1.82) is 0 Å². The van der Waals surface area contributed by atoms with Crippen LogP contribution in [0.5, 0.6) is 0 Å². The molecule has 0 saturated heterocycles. The van der Waals surface area contributed by atoms with Crippen LogP contribution in [0.1, 0.15) is 0 Å². The maximum absolute atomic E-state index is 11.2. The van der Waals surface area contributed by atoms with Crippen LogP contribution in [0.4, 0.5) is 0 Å². The summed E-state index contributed by atoms with van der Waals surface area (Å²) >= 11 is 3.29. The van der Waals surface area contributed by atoms with Gasteiger partial charge in [-0.25, -0.2) is 4.98 Å².